The van der Waals surface area contributed by atoms with Gasteiger partial charge in [-0.3, -0.25) is 4.79 Å². The van der Waals surface area contributed by atoms with Crippen molar-refractivity contribution in [3.63, 3.8) is 0 Å². The first-order chi connectivity index (χ1) is 21.0. The minimum Gasteiger partial charge on any atom is -0.394 e. The number of nitrogens with one attached hydrogen (secondary N) is 1. The van der Waals surface area contributed by atoms with Gasteiger partial charge in [-0.25, -0.2) is 0 Å². The van der Waals surface area contributed by atoms with Crippen LogP contribution in [0.5, 0.6) is 0 Å². The van der Waals surface area contributed by atoms with E-state index in [0.29, 0.717) is 6.42 Å². The average Bonchev–Trinajstić information content (AvgIpc) is 3.01. The van der Waals surface area contributed by atoms with E-state index >= 15 is 0 Å². The number of rotatable bonds is 32. The van der Waals surface area contributed by atoms with Gasteiger partial charge in [0.25, 0.3) is 0 Å². The van der Waals surface area contributed by atoms with Crippen LogP contribution < -0.4 is 5.32 Å². The molecule has 0 aromatic rings. The average molecular weight is 610 g/mol. The molecule has 0 radical (unpaired) electrons. The normalized spacial score (nSPS) is 14.8. The van der Waals surface area contributed by atoms with Crippen molar-refractivity contribution >= 4 is 5.91 Å². The highest BCUT2D eigenvalue weighted by atomic mass is 16.3. The van der Waals surface area contributed by atoms with E-state index in [1.165, 1.54) is 116 Å². The Morgan fingerprint density at radius 3 is 1.53 bits per heavy atom. The SMILES string of the molecule is CCCCCCCC/C=C\C/C=C\CC(O)C(=O)NC(CO)C(O)C(O)CCCCCCCCCCCCCCCCC. The van der Waals surface area contributed by atoms with E-state index in [1.54, 1.807) is 6.08 Å². The highest BCUT2D eigenvalue weighted by molar-refractivity contribution is 5.81. The molecule has 0 aromatic heterocycles. The summed E-state index contributed by atoms with van der Waals surface area (Å²) in [4.78, 5) is 12.4. The van der Waals surface area contributed by atoms with Crippen LogP contribution in [0.15, 0.2) is 24.3 Å². The Bertz CT molecular complexity index is 653. The van der Waals surface area contributed by atoms with Gasteiger partial charge in [0.15, 0.2) is 0 Å². The number of aliphatic hydroxyl groups excluding tert-OH is 4. The van der Waals surface area contributed by atoms with Crippen LogP contribution in [0.3, 0.4) is 0 Å². The van der Waals surface area contributed by atoms with Gasteiger partial charge < -0.3 is 25.7 Å². The minimum atomic E-state index is -1.28. The van der Waals surface area contributed by atoms with Gasteiger partial charge in [-0.15, -0.1) is 0 Å². The number of amides is 1. The van der Waals surface area contributed by atoms with Crippen LogP contribution in [-0.4, -0.2) is 57.3 Å². The molecule has 0 saturated heterocycles. The zero-order valence-corrected chi connectivity index (χ0v) is 28.2. The second-order valence-electron chi connectivity index (χ2n) is 12.6. The van der Waals surface area contributed by atoms with Crippen LogP contribution in [0, 0.1) is 0 Å². The molecule has 0 aliphatic rings. The maximum atomic E-state index is 12.4. The minimum absolute atomic E-state index is 0.160. The maximum absolute atomic E-state index is 12.4. The fourth-order valence-electron chi connectivity index (χ4n) is 5.45. The van der Waals surface area contributed by atoms with E-state index in [0.717, 1.165) is 32.1 Å². The van der Waals surface area contributed by atoms with Crippen molar-refractivity contribution in [2.24, 2.45) is 0 Å². The van der Waals surface area contributed by atoms with Crippen molar-refractivity contribution in [3.05, 3.63) is 24.3 Å². The Balaban J connectivity index is 3.90. The second kappa shape index (κ2) is 32.2. The summed E-state index contributed by atoms with van der Waals surface area (Å²) in [5.41, 5.74) is 0. The Kier molecular flexibility index (Phi) is 31.3. The molecule has 0 aliphatic carbocycles. The van der Waals surface area contributed by atoms with Crippen LogP contribution in [0.25, 0.3) is 0 Å². The summed E-state index contributed by atoms with van der Waals surface area (Å²) in [6, 6.07) is -1.01. The van der Waals surface area contributed by atoms with E-state index in [1.807, 2.05) is 6.08 Å². The molecule has 0 rings (SSSR count). The molecule has 1 amide bonds. The topological polar surface area (TPSA) is 110 Å². The first-order valence-electron chi connectivity index (χ1n) is 18.2. The molecule has 6 nitrogen and oxygen atoms in total. The number of hydrogen-bond acceptors (Lipinski definition) is 5. The highest BCUT2D eigenvalue weighted by Gasteiger charge is 2.28. The molecule has 0 bridgehead atoms. The highest BCUT2D eigenvalue weighted by Crippen LogP contribution is 2.15. The van der Waals surface area contributed by atoms with E-state index in [2.05, 4.69) is 31.3 Å². The fourth-order valence-corrected chi connectivity index (χ4v) is 5.45. The van der Waals surface area contributed by atoms with Gasteiger partial charge >= 0.3 is 0 Å². The zero-order valence-electron chi connectivity index (χ0n) is 28.2. The van der Waals surface area contributed by atoms with Gasteiger partial charge in [0.1, 0.15) is 12.2 Å². The summed E-state index contributed by atoms with van der Waals surface area (Å²) >= 11 is 0. The molecule has 0 saturated carbocycles. The van der Waals surface area contributed by atoms with Crippen molar-refractivity contribution in [1.82, 2.24) is 5.32 Å². The third-order valence-corrected chi connectivity index (χ3v) is 8.43. The van der Waals surface area contributed by atoms with Gasteiger partial charge in [0, 0.05) is 6.42 Å². The lowest BCUT2D eigenvalue weighted by Gasteiger charge is -2.27. The standard InChI is InChI=1S/C37H71NO5/c1-3-5-7-9-11-13-15-17-18-19-21-22-24-26-28-30-34(40)36(42)33(32-39)38-37(43)35(41)31-29-27-25-23-20-16-14-12-10-8-6-4-2/h20,23,27,29,33-36,39-42H,3-19,21-22,24-26,28,30-32H2,1-2H3,(H,38,43)/b23-20-,29-27-. The first-order valence-corrected chi connectivity index (χ1v) is 18.2. The molecule has 0 heterocycles. The number of aliphatic hydroxyl groups is 4. The summed E-state index contributed by atoms with van der Waals surface area (Å²) in [6.45, 7) is 3.98. The monoisotopic (exact) mass is 610 g/mol. The van der Waals surface area contributed by atoms with Gasteiger partial charge in [0.05, 0.1) is 18.8 Å². The fraction of sp³-hybridized carbons (Fsp3) is 0.865. The van der Waals surface area contributed by atoms with Crippen LogP contribution in [-0.2, 0) is 4.79 Å². The Morgan fingerprint density at radius 1 is 0.605 bits per heavy atom. The molecule has 0 fully saturated rings. The lowest BCUT2D eigenvalue weighted by molar-refractivity contribution is -0.132. The number of carbonyl (C=O) groups is 1. The van der Waals surface area contributed by atoms with E-state index < -0.39 is 36.9 Å². The van der Waals surface area contributed by atoms with Crippen LogP contribution in [0.4, 0.5) is 0 Å². The molecule has 43 heavy (non-hydrogen) atoms. The number of hydrogen-bond donors (Lipinski definition) is 5. The predicted octanol–water partition coefficient (Wildman–Crippen LogP) is 8.45. The Labute approximate surface area is 265 Å². The number of allylic oxidation sites excluding steroid dienone is 3. The second-order valence-corrected chi connectivity index (χ2v) is 12.6. The molecular weight excluding hydrogens is 538 g/mol. The van der Waals surface area contributed by atoms with Crippen molar-refractivity contribution in [2.45, 2.75) is 199 Å². The zero-order chi connectivity index (χ0) is 31.8. The summed E-state index contributed by atoms with van der Waals surface area (Å²) in [6.07, 6.45) is 33.6. The summed E-state index contributed by atoms with van der Waals surface area (Å²) in [5.74, 6) is -0.652. The molecule has 5 N–H and O–H groups in total. The quantitative estimate of drug-likeness (QED) is 0.0388. The van der Waals surface area contributed by atoms with Crippen molar-refractivity contribution in [2.75, 3.05) is 6.61 Å². The van der Waals surface area contributed by atoms with Crippen LogP contribution in [0.2, 0.25) is 0 Å². The molecule has 0 aliphatic heterocycles. The van der Waals surface area contributed by atoms with Crippen LogP contribution in [0.1, 0.15) is 174 Å². The molecule has 6 heteroatoms. The molecule has 4 unspecified atom stereocenters. The van der Waals surface area contributed by atoms with E-state index in [-0.39, 0.29) is 6.42 Å². The summed E-state index contributed by atoms with van der Waals surface area (Å²) < 4.78 is 0. The third kappa shape index (κ3) is 26.9. The van der Waals surface area contributed by atoms with Gasteiger partial charge in [0.2, 0.25) is 5.91 Å². The lowest BCUT2D eigenvalue weighted by Crippen LogP contribution is -2.53. The smallest absolute Gasteiger partial charge is 0.249 e. The predicted molar refractivity (Wildman–Crippen MR) is 182 cm³/mol. The molecule has 254 valence electrons. The Morgan fingerprint density at radius 2 is 1.05 bits per heavy atom. The van der Waals surface area contributed by atoms with Crippen molar-refractivity contribution < 1.29 is 25.2 Å². The van der Waals surface area contributed by atoms with Gasteiger partial charge in [-0.1, -0.05) is 167 Å². The summed E-state index contributed by atoms with van der Waals surface area (Å²) in [5, 5.41) is 43.3. The number of carbonyl (C=O) groups excluding carboxylic acids is 1. The first kappa shape index (κ1) is 41.8. The lowest BCUT2D eigenvalue weighted by atomic mass is 9.99. The molecule has 0 aromatic carbocycles. The summed E-state index contributed by atoms with van der Waals surface area (Å²) in [7, 11) is 0. The molecular formula is C37H71NO5. The Hall–Kier alpha value is -1.21. The van der Waals surface area contributed by atoms with Crippen molar-refractivity contribution in [3.8, 4) is 0 Å². The van der Waals surface area contributed by atoms with Crippen molar-refractivity contribution in [1.29, 1.82) is 0 Å². The largest absolute Gasteiger partial charge is 0.394 e. The van der Waals surface area contributed by atoms with E-state index in [4.69, 9.17) is 0 Å². The maximum Gasteiger partial charge on any atom is 0.249 e. The van der Waals surface area contributed by atoms with Crippen LogP contribution >= 0.6 is 0 Å². The third-order valence-electron chi connectivity index (χ3n) is 8.43. The van der Waals surface area contributed by atoms with Gasteiger partial charge in [-0.2, -0.15) is 0 Å². The number of unbranched alkanes of at least 4 members (excludes halogenated alkanes) is 20. The van der Waals surface area contributed by atoms with Gasteiger partial charge in [-0.05, 0) is 25.7 Å². The molecule has 4 atom stereocenters. The molecule has 0 spiro atoms. The van der Waals surface area contributed by atoms with E-state index in [9.17, 15) is 25.2 Å².